The highest BCUT2D eigenvalue weighted by atomic mass is 31.2. The summed E-state index contributed by atoms with van der Waals surface area (Å²) in [7, 11) is -3.82. The molecule has 9 nitrogen and oxygen atoms in total. The Balaban J connectivity index is 4.38. The fourth-order valence-electron chi connectivity index (χ4n) is 1.41. The third-order valence-corrected chi connectivity index (χ3v) is 4.32. The zero-order valence-electron chi connectivity index (χ0n) is 10.0. The predicted octanol–water partition coefficient (Wildman–Crippen LogP) is -0.371. The number of hydrogen-bond acceptors (Lipinski definition) is 6. The van der Waals surface area contributed by atoms with Gasteiger partial charge in [0.15, 0.2) is 0 Å². The Morgan fingerprint density at radius 3 is 2.26 bits per heavy atom. The van der Waals surface area contributed by atoms with Gasteiger partial charge in [-0.25, -0.2) is 0 Å². The van der Waals surface area contributed by atoms with Crippen molar-refractivity contribution in [3.8, 4) is 0 Å². The van der Waals surface area contributed by atoms with Gasteiger partial charge in [-0.2, -0.15) is 5.90 Å². The molecule has 2 unspecified atom stereocenters. The maximum atomic E-state index is 11.7. The molecule has 0 aromatic carbocycles. The van der Waals surface area contributed by atoms with E-state index in [1.54, 1.807) is 0 Å². The third-order valence-electron chi connectivity index (χ3n) is 2.30. The third kappa shape index (κ3) is 8.30. The van der Waals surface area contributed by atoms with Crippen molar-refractivity contribution in [2.24, 2.45) is 11.8 Å². The van der Waals surface area contributed by atoms with Crippen molar-refractivity contribution >= 4 is 25.3 Å². The molecule has 110 valence electrons. The molecule has 0 amide bonds. The predicted molar refractivity (Wildman–Crippen MR) is 62.5 cm³/mol. The number of hydrogen-bond donors (Lipinski definition) is 4. The van der Waals surface area contributed by atoms with Crippen LogP contribution in [0.25, 0.3) is 0 Å². The lowest BCUT2D eigenvalue weighted by Crippen LogP contribution is -2.22. The normalized spacial score (nSPS) is 15.3. The second kappa shape index (κ2) is 7.88. The van der Waals surface area contributed by atoms with Crippen LogP contribution in [0.5, 0.6) is 0 Å². The van der Waals surface area contributed by atoms with Crippen molar-refractivity contribution in [2.75, 3.05) is 12.3 Å². The van der Waals surface area contributed by atoms with Crippen LogP contribution >= 0.6 is 7.37 Å². The first-order valence-electron chi connectivity index (χ1n) is 5.33. The molecule has 0 heterocycles. The molecule has 0 aliphatic rings. The van der Waals surface area contributed by atoms with E-state index in [0.717, 1.165) is 0 Å². The summed E-state index contributed by atoms with van der Waals surface area (Å²) >= 11 is 0. The van der Waals surface area contributed by atoms with E-state index in [1.165, 1.54) is 0 Å². The van der Waals surface area contributed by atoms with Crippen LogP contribution < -0.4 is 5.90 Å². The van der Waals surface area contributed by atoms with E-state index < -0.39 is 43.8 Å². The van der Waals surface area contributed by atoms with Gasteiger partial charge in [0.25, 0.3) is 0 Å². The van der Waals surface area contributed by atoms with Gasteiger partial charge >= 0.3 is 17.9 Å². The van der Waals surface area contributed by atoms with Crippen LogP contribution in [0.2, 0.25) is 0 Å². The van der Waals surface area contributed by atoms with Crippen LogP contribution in [-0.4, -0.2) is 45.3 Å². The van der Waals surface area contributed by atoms with Gasteiger partial charge in [0.2, 0.25) is 7.37 Å². The topological polar surface area (TPSA) is 164 Å². The van der Waals surface area contributed by atoms with Gasteiger partial charge in [-0.05, 0) is 6.42 Å². The van der Waals surface area contributed by atoms with Crippen LogP contribution in [0.4, 0.5) is 0 Å². The molecule has 0 aliphatic heterocycles. The summed E-state index contributed by atoms with van der Waals surface area (Å²) in [6, 6.07) is 0. The van der Waals surface area contributed by atoms with Gasteiger partial charge in [0.05, 0.1) is 12.3 Å². The van der Waals surface area contributed by atoms with Crippen LogP contribution in [0.15, 0.2) is 0 Å². The Bertz CT molecular complexity index is 396. The van der Waals surface area contributed by atoms with Crippen molar-refractivity contribution in [1.82, 2.24) is 0 Å². The Kier molecular flexibility index (Phi) is 7.28. The van der Waals surface area contributed by atoms with Crippen molar-refractivity contribution in [3.63, 3.8) is 0 Å². The molecule has 2 atom stereocenters. The van der Waals surface area contributed by atoms with Crippen LogP contribution in [-0.2, 0) is 23.8 Å². The highest BCUT2D eigenvalue weighted by molar-refractivity contribution is 7.58. The fraction of sp³-hybridized carbons (Fsp3) is 0.667. The Morgan fingerprint density at radius 1 is 1.26 bits per heavy atom. The average Bonchev–Trinajstić information content (AvgIpc) is 2.26. The Morgan fingerprint density at radius 2 is 1.84 bits per heavy atom. The molecule has 0 saturated carbocycles. The standard InChI is InChI=1S/C9H16NO8P/c10-18-8(13)2-1-3-19(16,17)5-6(9(14)15)4-7(11)12/h6H,1-5,10H2,(H,11,12)(H,14,15)(H,16,17). The maximum Gasteiger partial charge on any atom is 0.324 e. The first-order chi connectivity index (χ1) is 8.68. The summed E-state index contributed by atoms with van der Waals surface area (Å²) in [6.45, 7) is 0. The molecule has 10 heteroatoms. The zero-order chi connectivity index (χ0) is 15.1. The van der Waals surface area contributed by atoms with Gasteiger partial charge in [-0.1, -0.05) is 0 Å². The number of carbonyl (C=O) groups excluding carboxylic acids is 1. The highest BCUT2D eigenvalue weighted by Gasteiger charge is 2.30. The minimum Gasteiger partial charge on any atom is -0.481 e. The second-order valence-electron chi connectivity index (χ2n) is 3.98. The molecule has 0 fully saturated rings. The van der Waals surface area contributed by atoms with Crippen LogP contribution in [0.3, 0.4) is 0 Å². The molecule has 0 aromatic rings. The summed E-state index contributed by atoms with van der Waals surface area (Å²) in [5.41, 5.74) is 0. The van der Waals surface area contributed by atoms with Crippen LogP contribution in [0.1, 0.15) is 19.3 Å². The summed E-state index contributed by atoms with van der Waals surface area (Å²) in [5.74, 6) is -0.420. The monoisotopic (exact) mass is 297 g/mol. The molecule has 0 rings (SSSR count). The molecular formula is C9H16NO8P. The van der Waals surface area contributed by atoms with E-state index in [4.69, 9.17) is 10.2 Å². The lowest BCUT2D eigenvalue weighted by Gasteiger charge is -2.15. The van der Waals surface area contributed by atoms with E-state index in [2.05, 4.69) is 10.7 Å². The van der Waals surface area contributed by atoms with E-state index in [1.807, 2.05) is 0 Å². The Labute approximate surface area is 108 Å². The first kappa shape index (κ1) is 17.6. The quantitative estimate of drug-likeness (QED) is 0.328. The maximum absolute atomic E-state index is 11.7. The molecule has 0 spiro atoms. The van der Waals surface area contributed by atoms with Gasteiger partial charge < -0.3 is 19.9 Å². The number of rotatable bonds is 9. The van der Waals surface area contributed by atoms with Crippen molar-refractivity contribution in [1.29, 1.82) is 0 Å². The van der Waals surface area contributed by atoms with Crippen molar-refractivity contribution < 1.29 is 38.9 Å². The first-order valence-corrected chi connectivity index (χ1v) is 7.36. The molecule has 0 aliphatic carbocycles. The summed E-state index contributed by atoms with van der Waals surface area (Å²) in [5, 5.41) is 17.3. The molecule has 0 bridgehead atoms. The van der Waals surface area contributed by atoms with Gasteiger partial charge in [0, 0.05) is 18.7 Å². The SMILES string of the molecule is NOC(=O)CCCP(=O)(O)CC(CC(=O)O)C(=O)O. The summed E-state index contributed by atoms with van der Waals surface area (Å²) in [4.78, 5) is 45.3. The Hall–Kier alpha value is -1.44. The van der Waals surface area contributed by atoms with Gasteiger partial charge in [-0.15, -0.1) is 0 Å². The zero-order valence-corrected chi connectivity index (χ0v) is 10.9. The molecule has 19 heavy (non-hydrogen) atoms. The molecule has 0 aromatic heterocycles. The van der Waals surface area contributed by atoms with Crippen molar-refractivity contribution in [3.05, 3.63) is 0 Å². The fourth-order valence-corrected chi connectivity index (χ4v) is 3.21. The summed E-state index contributed by atoms with van der Waals surface area (Å²) in [6.07, 6.45) is -1.84. The van der Waals surface area contributed by atoms with Crippen molar-refractivity contribution in [2.45, 2.75) is 19.3 Å². The van der Waals surface area contributed by atoms with E-state index in [9.17, 15) is 23.8 Å². The number of carboxylic acid groups (broad SMARTS) is 2. The van der Waals surface area contributed by atoms with E-state index >= 15 is 0 Å². The second-order valence-corrected chi connectivity index (χ2v) is 6.48. The van der Waals surface area contributed by atoms with Gasteiger partial charge in [0.1, 0.15) is 0 Å². The van der Waals surface area contributed by atoms with Gasteiger partial charge in [-0.3, -0.25) is 18.9 Å². The molecular weight excluding hydrogens is 281 g/mol. The molecule has 5 N–H and O–H groups in total. The molecule has 0 saturated heterocycles. The molecule has 0 radical (unpaired) electrons. The van der Waals surface area contributed by atoms with E-state index in [-0.39, 0.29) is 19.0 Å². The van der Waals surface area contributed by atoms with Crippen LogP contribution in [0, 0.1) is 5.92 Å². The highest BCUT2D eigenvalue weighted by Crippen LogP contribution is 2.44. The lowest BCUT2D eigenvalue weighted by molar-refractivity contribution is -0.147. The summed E-state index contributed by atoms with van der Waals surface area (Å²) < 4.78 is 11.7. The smallest absolute Gasteiger partial charge is 0.324 e. The minimum absolute atomic E-state index is 0.00320. The number of carboxylic acids is 2. The average molecular weight is 297 g/mol. The number of carbonyl (C=O) groups is 3. The van der Waals surface area contributed by atoms with E-state index in [0.29, 0.717) is 0 Å². The number of nitrogens with two attached hydrogens (primary N) is 1. The minimum atomic E-state index is -3.82. The largest absolute Gasteiger partial charge is 0.481 e. The lowest BCUT2D eigenvalue weighted by atomic mass is 10.1. The number of aliphatic carboxylic acids is 2.